The Kier molecular flexibility index (Phi) is 9.81. The summed E-state index contributed by atoms with van der Waals surface area (Å²) in [6.45, 7) is 10.4. The highest BCUT2D eigenvalue weighted by atomic mass is 16.6. The van der Waals surface area contributed by atoms with E-state index in [1.165, 1.54) is 0 Å². The molecule has 8 heteroatoms. The zero-order valence-corrected chi connectivity index (χ0v) is 20.2. The molecule has 2 rings (SSSR count). The van der Waals surface area contributed by atoms with Gasteiger partial charge in [0.15, 0.2) is 5.96 Å². The number of likely N-dealkylation sites (tertiary alicyclic amines) is 1. The number of benzene rings is 1. The van der Waals surface area contributed by atoms with Crippen molar-refractivity contribution in [3.8, 4) is 0 Å². The fraction of sp³-hybridized carbons (Fsp3) is 0.625. The van der Waals surface area contributed by atoms with Gasteiger partial charge >= 0.3 is 6.09 Å². The number of amides is 2. The minimum atomic E-state index is -0.506. The van der Waals surface area contributed by atoms with Gasteiger partial charge in [0.2, 0.25) is 0 Å². The molecule has 1 heterocycles. The highest BCUT2D eigenvalue weighted by molar-refractivity contribution is 5.94. The first-order chi connectivity index (χ1) is 15.2. The molecule has 8 nitrogen and oxygen atoms in total. The normalized spacial score (nSPS) is 17.0. The van der Waals surface area contributed by atoms with Crippen molar-refractivity contribution in [1.29, 1.82) is 0 Å². The van der Waals surface area contributed by atoms with Gasteiger partial charge in [-0.3, -0.25) is 9.79 Å². The second-order valence-corrected chi connectivity index (χ2v) is 9.00. The number of carbonyl (C=O) groups excluding carboxylic acids is 2. The first kappa shape index (κ1) is 25.5. The average molecular weight is 446 g/mol. The van der Waals surface area contributed by atoms with Crippen molar-refractivity contribution in [3.05, 3.63) is 35.4 Å². The molecule has 178 valence electrons. The van der Waals surface area contributed by atoms with Crippen molar-refractivity contribution in [2.75, 3.05) is 33.2 Å². The van der Waals surface area contributed by atoms with E-state index in [4.69, 9.17) is 9.73 Å². The molecule has 0 saturated carbocycles. The van der Waals surface area contributed by atoms with Crippen molar-refractivity contribution in [3.63, 3.8) is 0 Å². The SMILES string of the molecule is CCNC(=NCC1CCCCN1C(=O)OC(C)(C)C)NCCc1cccc(C(=O)NC)c1. The molecule has 2 amide bonds. The number of rotatable bonds is 7. The van der Waals surface area contributed by atoms with Gasteiger partial charge in [-0.15, -0.1) is 0 Å². The third kappa shape index (κ3) is 8.40. The molecular formula is C24H39N5O3. The highest BCUT2D eigenvalue weighted by Crippen LogP contribution is 2.20. The molecule has 1 saturated heterocycles. The third-order valence-corrected chi connectivity index (χ3v) is 5.18. The lowest BCUT2D eigenvalue weighted by Crippen LogP contribution is -2.48. The lowest BCUT2D eigenvalue weighted by Gasteiger charge is -2.36. The van der Waals surface area contributed by atoms with Gasteiger partial charge in [-0.2, -0.15) is 0 Å². The van der Waals surface area contributed by atoms with E-state index in [-0.39, 0.29) is 18.0 Å². The summed E-state index contributed by atoms with van der Waals surface area (Å²) in [4.78, 5) is 31.0. The van der Waals surface area contributed by atoms with Gasteiger partial charge in [0.05, 0.1) is 12.6 Å². The maximum absolute atomic E-state index is 12.6. The summed E-state index contributed by atoms with van der Waals surface area (Å²) in [6.07, 6.45) is 3.51. The number of nitrogens with one attached hydrogen (secondary N) is 3. The van der Waals surface area contributed by atoms with Crippen LogP contribution in [-0.4, -0.2) is 67.7 Å². The molecule has 3 N–H and O–H groups in total. The van der Waals surface area contributed by atoms with E-state index in [0.717, 1.165) is 43.8 Å². The van der Waals surface area contributed by atoms with Crippen LogP contribution in [0.4, 0.5) is 4.79 Å². The number of hydrogen-bond acceptors (Lipinski definition) is 4. The van der Waals surface area contributed by atoms with E-state index < -0.39 is 5.60 Å². The molecule has 0 radical (unpaired) electrons. The van der Waals surface area contributed by atoms with Crippen molar-refractivity contribution >= 4 is 18.0 Å². The van der Waals surface area contributed by atoms with Crippen LogP contribution < -0.4 is 16.0 Å². The molecule has 32 heavy (non-hydrogen) atoms. The van der Waals surface area contributed by atoms with Crippen LogP contribution in [0.1, 0.15) is 62.9 Å². The molecule has 0 bridgehead atoms. The van der Waals surface area contributed by atoms with Crippen LogP contribution in [0, 0.1) is 0 Å². The van der Waals surface area contributed by atoms with E-state index in [1.807, 2.05) is 56.9 Å². The number of carbonyl (C=O) groups is 2. The monoisotopic (exact) mass is 445 g/mol. The molecule has 1 aromatic carbocycles. The molecule has 0 aliphatic carbocycles. The molecule has 1 aromatic rings. The number of ether oxygens (including phenoxy) is 1. The Hall–Kier alpha value is -2.77. The van der Waals surface area contributed by atoms with Crippen LogP contribution in [-0.2, 0) is 11.2 Å². The predicted octanol–water partition coefficient (Wildman–Crippen LogP) is 2.93. The standard InChI is InChI=1S/C24H39N5O3/c1-6-26-22(27-14-13-18-10-9-11-19(16-18)21(30)25-5)28-17-20-12-7-8-15-29(20)23(31)32-24(2,3)4/h9-11,16,20H,6-8,12-15,17H2,1-5H3,(H,25,30)(H2,26,27,28). The summed E-state index contributed by atoms with van der Waals surface area (Å²) in [5.41, 5.74) is 1.23. The van der Waals surface area contributed by atoms with Crippen molar-refractivity contribution < 1.29 is 14.3 Å². The van der Waals surface area contributed by atoms with E-state index in [2.05, 4.69) is 16.0 Å². The van der Waals surface area contributed by atoms with Gasteiger partial charge in [0.1, 0.15) is 5.60 Å². The van der Waals surface area contributed by atoms with Crippen LogP contribution >= 0.6 is 0 Å². The lowest BCUT2D eigenvalue weighted by molar-refractivity contribution is 0.0109. The Morgan fingerprint density at radius 1 is 1.22 bits per heavy atom. The smallest absolute Gasteiger partial charge is 0.410 e. The van der Waals surface area contributed by atoms with E-state index in [1.54, 1.807) is 7.05 Å². The first-order valence-corrected chi connectivity index (χ1v) is 11.6. The Balaban J connectivity index is 1.95. The maximum atomic E-state index is 12.6. The molecule has 1 fully saturated rings. The fourth-order valence-electron chi connectivity index (χ4n) is 3.63. The second kappa shape index (κ2) is 12.3. The average Bonchev–Trinajstić information content (AvgIpc) is 2.76. The molecule has 1 atom stereocenters. The van der Waals surface area contributed by atoms with Crippen LogP contribution in [0.15, 0.2) is 29.3 Å². The number of aliphatic imine (C=N–C) groups is 1. The maximum Gasteiger partial charge on any atom is 0.410 e. The summed E-state index contributed by atoms with van der Waals surface area (Å²) in [7, 11) is 1.63. The van der Waals surface area contributed by atoms with Gasteiger partial charge in [0.25, 0.3) is 5.91 Å². The molecule has 1 aliphatic heterocycles. The van der Waals surface area contributed by atoms with Gasteiger partial charge in [-0.1, -0.05) is 12.1 Å². The number of hydrogen-bond donors (Lipinski definition) is 3. The summed E-state index contributed by atoms with van der Waals surface area (Å²) in [5, 5.41) is 9.28. The molecule has 1 unspecified atom stereocenters. The summed E-state index contributed by atoms with van der Waals surface area (Å²) < 4.78 is 5.59. The summed E-state index contributed by atoms with van der Waals surface area (Å²) in [5.74, 6) is 0.640. The molecular weight excluding hydrogens is 406 g/mol. The second-order valence-electron chi connectivity index (χ2n) is 9.00. The highest BCUT2D eigenvalue weighted by Gasteiger charge is 2.30. The van der Waals surface area contributed by atoms with Gasteiger partial charge < -0.3 is 25.6 Å². The van der Waals surface area contributed by atoms with Crippen LogP contribution in [0.2, 0.25) is 0 Å². The van der Waals surface area contributed by atoms with Crippen molar-refractivity contribution in [1.82, 2.24) is 20.9 Å². The van der Waals surface area contributed by atoms with E-state index >= 15 is 0 Å². The Labute approximate surface area is 192 Å². The molecule has 0 spiro atoms. The number of nitrogens with zero attached hydrogens (tertiary/aromatic N) is 2. The van der Waals surface area contributed by atoms with Crippen molar-refractivity contribution in [2.24, 2.45) is 4.99 Å². The van der Waals surface area contributed by atoms with Crippen LogP contribution in [0.25, 0.3) is 0 Å². The minimum Gasteiger partial charge on any atom is -0.444 e. The fourth-order valence-corrected chi connectivity index (χ4v) is 3.63. The Morgan fingerprint density at radius 2 is 2.00 bits per heavy atom. The number of guanidine groups is 1. The zero-order valence-electron chi connectivity index (χ0n) is 20.2. The predicted molar refractivity (Wildman–Crippen MR) is 128 cm³/mol. The number of piperidine rings is 1. The summed E-state index contributed by atoms with van der Waals surface area (Å²) in [6, 6.07) is 7.66. The van der Waals surface area contributed by atoms with Crippen LogP contribution in [0.3, 0.4) is 0 Å². The van der Waals surface area contributed by atoms with Crippen LogP contribution in [0.5, 0.6) is 0 Å². The Morgan fingerprint density at radius 3 is 2.69 bits per heavy atom. The zero-order chi connectivity index (χ0) is 23.6. The van der Waals surface area contributed by atoms with Gasteiger partial charge in [0, 0.05) is 32.2 Å². The third-order valence-electron chi connectivity index (χ3n) is 5.18. The topological polar surface area (TPSA) is 95.1 Å². The van der Waals surface area contributed by atoms with E-state index in [0.29, 0.717) is 25.2 Å². The molecule has 0 aromatic heterocycles. The Bertz CT molecular complexity index is 788. The largest absolute Gasteiger partial charge is 0.444 e. The van der Waals surface area contributed by atoms with Gasteiger partial charge in [-0.25, -0.2) is 4.79 Å². The van der Waals surface area contributed by atoms with Gasteiger partial charge in [-0.05, 0) is 71.1 Å². The minimum absolute atomic E-state index is 0.0401. The van der Waals surface area contributed by atoms with Crippen molar-refractivity contribution in [2.45, 2.75) is 65.0 Å². The first-order valence-electron chi connectivity index (χ1n) is 11.6. The lowest BCUT2D eigenvalue weighted by atomic mass is 10.0. The molecule has 1 aliphatic rings. The summed E-state index contributed by atoms with van der Waals surface area (Å²) >= 11 is 0. The van der Waals surface area contributed by atoms with E-state index in [9.17, 15) is 9.59 Å². The quantitative estimate of drug-likeness (QED) is 0.443.